The number of hydrogen-bond acceptors (Lipinski definition) is 3. The molecule has 1 aromatic heterocycles. The molecule has 0 bridgehead atoms. The van der Waals surface area contributed by atoms with Crippen molar-refractivity contribution in [2.45, 2.75) is 45.8 Å². The fraction of sp³-hybridized carbons (Fsp3) is 0.423. The first-order valence-corrected chi connectivity index (χ1v) is 11.1. The van der Waals surface area contributed by atoms with E-state index >= 15 is 0 Å². The number of fused-ring (bicyclic) bond motifs is 1. The molecule has 1 aliphatic heterocycles. The predicted octanol–water partition coefficient (Wildman–Crippen LogP) is 5.52. The van der Waals surface area contributed by atoms with Crippen molar-refractivity contribution in [3.05, 3.63) is 60.3 Å². The van der Waals surface area contributed by atoms with Gasteiger partial charge in [-0.1, -0.05) is 52.0 Å². The number of carbonyl (C=O) groups excluding carboxylic acids is 1. The molecule has 1 unspecified atom stereocenters. The van der Waals surface area contributed by atoms with E-state index in [0.29, 0.717) is 24.1 Å². The maximum atomic E-state index is 13.8. The molecule has 0 aliphatic carbocycles. The van der Waals surface area contributed by atoms with Gasteiger partial charge in [0.05, 0.1) is 19.2 Å². The number of H-pyrrole nitrogens is 1. The average molecular weight is 421 g/mol. The molecule has 0 spiro atoms. The fourth-order valence-electron chi connectivity index (χ4n) is 5.28. The molecule has 1 amide bonds. The van der Waals surface area contributed by atoms with Crippen LogP contribution in [0.25, 0.3) is 10.9 Å². The Hall–Kier alpha value is -2.95. The molecule has 5 heteroatoms. The SMILES string of the molecule is COc1cccc2[nH]c(C(=O)N3CC(Oc4ccccc4)CC3(C(C)C)C(C)C)cc12. The van der Waals surface area contributed by atoms with Gasteiger partial charge in [-0.15, -0.1) is 0 Å². The predicted molar refractivity (Wildman–Crippen MR) is 124 cm³/mol. The highest BCUT2D eigenvalue weighted by atomic mass is 16.5. The third kappa shape index (κ3) is 3.67. The Morgan fingerprint density at radius 1 is 1.06 bits per heavy atom. The summed E-state index contributed by atoms with van der Waals surface area (Å²) in [5.41, 5.74) is 1.21. The molecule has 1 aliphatic rings. The zero-order chi connectivity index (χ0) is 22.2. The quantitative estimate of drug-likeness (QED) is 0.571. The van der Waals surface area contributed by atoms with E-state index in [1.807, 2.05) is 59.5 Å². The molecule has 1 fully saturated rings. The first kappa shape index (κ1) is 21.3. The van der Waals surface area contributed by atoms with Crippen LogP contribution in [0.3, 0.4) is 0 Å². The number of para-hydroxylation sites is 1. The van der Waals surface area contributed by atoms with Crippen molar-refractivity contribution in [1.29, 1.82) is 0 Å². The standard InChI is InChI=1S/C26H32N2O3/c1-17(2)26(18(3)4)15-20(31-19-10-7-6-8-11-19)16-28(26)25(29)23-14-21-22(27-23)12-9-13-24(21)30-5/h6-14,17-18,20,27H,15-16H2,1-5H3. The van der Waals surface area contributed by atoms with Gasteiger partial charge in [0, 0.05) is 17.3 Å². The maximum absolute atomic E-state index is 13.8. The first-order valence-electron chi connectivity index (χ1n) is 11.1. The molecule has 4 rings (SSSR count). The number of likely N-dealkylation sites (tertiary alicyclic amines) is 1. The van der Waals surface area contributed by atoms with Gasteiger partial charge in [0.2, 0.25) is 0 Å². The lowest BCUT2D eigenvalue weighted by Gasteiger charge is -2.45. The molecule has 31 heavy (non-hydrogen) atoms. The highest BCUT2D eigenvalue weighted by molar-refractivity contribution is 6.00. The molecule has 1 saturated heterocycles. The van der Waals surface area contributed by atoms with Crippen molar-refractivity contribution in [3.63, 3.8) is 0 Å². The van der Waals surface area contributed by atoms with E-state index in [4.69, 9.17) is 9.47 Å². The van der Waals surface area contributed by atoms with Crippen LogP contribution in [-0.4, -0.2) is 41.1 Å². The van der Waals surface area contributed by atoms with E-state index < -0.39 is 0 Å². The zero-order valence-electron chi connectivity index (χ0n) is 19.0. The summed E-state index contributed by atoms with van der Waals surface area (Å²) in [6.45, 7) is 9.40. The van der Waals surface area contributed by atoms with Gasteiger partial charge in [-0.25, -0.2) is 0 Å². The average Bonchev–Trinajstić information content (AvgIpc) is 3.36. The number of nitrogens with zero attached hydrogens (tertiary/aromatic N) is 1. The second-order valence-corrected chi connectivity index (χ2v) is 9.08. The Labute approximate surface area is 184 Å². The van der Waals surface area contributed by atoms with Gasteiger partial charge in [-0.2, -0.15) is 0 Å². The molecule has 5 nitrogen and oxygen atoms in total. The molecule has 0 radical (unpaired) electrons. The highest BCUT2D eigenvalue weighted by Gasteiger charge is 2.53. The Morgan fingerprint density at radius 2 is 1.77 bits per heavy atom. The van der Waals surface area contributed by atoms with E-state index in [2.05, 4.69) is 32.7 Å². The van der Waals surface area contributed by atoms with Crippen LogP contribution in [0, 0.1) is 11.8 Å². The van der Waals surface area contributed by atoms with Crippen LogP contribution in [0.2, 0.25) is 0 Å². The van der Waals surface area contributed by atoms with Crippen molar-refractivity contribution < 1.29 is 14.3 Å². The fourth-order valence-corrected chi connectivity index (χ4v) is 5.28. The van der Waals surface area contributed by atoms with Gasteiger partial charge in [0.1, 0.15) is 23.3 Å². The smallest absolute Gasteiger partial charge is 0.270 e. The van der Waals surface area contributed by atoms with Crippen molar-refractivity contribution >= 4 is 16.8 Å². The second kappa shape index (κ2) is 8.29. The zero-order valence-corrected chi connectivity index (χ0v) is 19.0. The number of nitrogens with one attached hydrogen (secondary N) is 1. The van der Waals surface area contributed by atoms with E-state index in [9.17, 15) is 4.79 Å². The summed E-state index contributed by atoms with van der Waals surface area (Å²) in [7, 11) is 1.65. The number of ether oxygens (including phenoxy) is 2. The summed E-state index contributed by atoms with van der Waals surface area (Å²) >= 11 is 0. The topological polar surface area (TPSA) is 54.6 Å². The van der Waals surface area contributed by atoms with Crippen molar-refractivity contribution in [2.75, 3.05) is 13.7 Å². The molecule has 1 atom stereocenters. The van der Waals surface area contributed by atoms with Crippen LogP contribution in [-0.2, 0) is 0 Å². The van der Waals surface area contributed by atoms with Crippen molar-refractivity contribution in [3.8, 4) is 11.5 Å². The Morgan fingerprint density at radius 3 is 2.42 bits per heavy atom. The number of hydrogen-bond donors (Lipinski definition) is 1. The summed E-state index contributed by atoms with van der Waals surface area (Å²) < 4.78 is 11.8. The van der Waals surface area contributed by atoms with E-state index in [1.165, 1.54) is 0 Å². The van der Waals surface area contributed by atoms with Crippen LogP contribution >= 0.6 is 0 Å². The summed E-state index contributed by atoms with van der Waals surface area (Å²) in [5, 5.41) is 0.921. The molecular formula is C26H32N2O3. The third-order valence-electron chi connectivity index (χ3n) is 6.81. The third-order valence-corrected chi connectivity index (χ3v) is 6.81. The van der Waals surface area contributed by atoms with Gasteiger partial charge >= 0.3 is 0 Å². The number of aromatic amines is 1. The summed E-state index contributed by atoms with van der Waals surface area (Å²) in [4.78, 5) is 19.2. The van der Waals surface area contributed by atoms with Crippen LogP contribution in [0.4, 0.5) is 0 Å². The number of aromatic nitrogens is 1. The lowest BCUT2D eigenvalue weighted by molar-refractivity contribution is 0.0291. The summed E-state index contributed by atoms with van der Waals surface area (Å²) in [5.74, 6) is 2.20. The first-order chi connectivity index (χ1) is 14.9. The number of amides is 1. The number of benzene rings is 2. The monoisotopic (exact) mass is 420 g/mol. The Balaban J connectivity index is 1.70. The van der Waals surface area contributed by atoms with Crippen molar-refractivity contribution in [2.24, 2.45) is 11.8 Å². The lowest BCUT2D eigenvalue weighted by Crippen LogP contribution is -2.54. The van der Waals surface area contributed by atoms with Crippen LogP contribution in [0.5, 0.6) is 11.5 Å². The number of carbonyl (C=O) groups is 1. The van der Waals surface area contributed by atoms with Gasteiger partial charge in [-0.3, -0.25) is 4.79 Å². The Bertz CT molecular complexity index is 1050. The summed E-state index contributed by atoms with van der Waals surface area (Å²) in [6, 6.07) is 17.6. The van der Waals surface area contributed by atoms with Crippen LogP contribution in [0.15, 0.2) is 54.6 Å². The van der Waals surface area contributed by atoms with Gasteiger partial charge in [0.25, 0.3) is 5.91 Å². The second-order valence-electron chi connectivity index (χ2n) is 9.08. The minimum Gasteiger partial charge on any atom is -0.496 e. The van der Waals surface area contributed by atoms with Gasteiger partial charge in [0.15, 0.2) is 0 Å². The molecular weight excluding hydrogens is 388 g/mol. The minimum absolute atomic E-state index is 0.0137. The molecule has 2 aromatic carbocycles. The van der Waals surface area contributed by atoms with Gasteiger partial charge < -0.3 is 19.4 Å². The molecule has 3 aromatic rings. The summed E-state index contributed by atoms with van der Waals surface area (Å²) in [6.07, 6.45) is 0.766. The van der Waals surface area contributed by atoms with E-state index in [0.717, 1.165) is 28.8 Å². The number of methoxy groups -OCH3 is 1. The molecule has 2 heterocycles. The molecule has 164 valence electrons. The van der Waals surface area contributed by atoms with Crippen molar-refractivity contribution in [1.82, 2.24) is 9.88 Å². The van der Waals surface area contributed by atoms with E-state index in [-0.39, 0.29) is 17.6 Å². The normalized spacial score (nSPS) is 18.2. The molecule has 1 N–H and O–H groups in total. The minimum atomic E-state index is -0.280. The van der Waals surface area contributed by atoms with Crippen LogP contribution < -0.4 is 9.47 Å². The highest BCUT2D eigenvalue weighted by Crippen LogP contribution is 2.44. The number of rotatable bonds is 6. The largest absolute Gasteiger partial charge is 0.496 e. The Kier molecular flexibility index (Phi) is 5.69. The maximum Gasteiger partial charge on any atom is 0.270 e. The lowest BCUT2D eigenvalue weighted by atomic mass is 9.74. The van der Waals surface area contributed by atoms with Crippen LogP contribution in [0.1, 0.15) is 44.6 Å². The van der Waals surface area contributed by atoms with E-state index in [1.54, 1.807) is 7.11 Å². The van der Waals surface area contributed by atoms with Gasteiger partial charge in [-0.05, 0) is 42.2 Å². The molecule has 0 saturated carbocycles.